The highest BCUT2D eigenvalue weighted by Gasteiger charge is 2.30. The number of likely N-dealkylation sites (tertiary alicyclic amines) is 1. The standard InChI is InChI=1S/C19H20BrN3O2S/c20-14-6-4-5-13(9-14)15-10-17(24)22-19(16(15)11-21)26-12-18(25)23-7-2-1-3-8-23/h4-6,9,15H,1-3,7-8,10,12H2,(H,22,24)/t15-/m0/s1. The minimum Gasteiger partial charge on any atom is -0.342 e. The zero-order valence-electron chi connectivity index (χ0n) is 14.3. The number of nitrogens with one attached hydrogen (secondary N) is 1. The first kappa shape index (κ1) is 19.0. The fourth-order valence-electron chi connectivity index (χ4n) is 3.31. The van der Waals surface area contributed by atoms with Gasteiger partial charge in [0.25, 0.3) is 0 Å². The Kier molecular flexibility index (Phi) is 6.38. The largest absolute Gasteiger partial charge is 0.342 e. The third-order valence-corrected chi connectivity index (χ3v) is 6.15. The fraction of sp³-hybridized carbons (Fsp3) is 0.421. The molecule has 26 heavy (non-hydrogen) atoms. The molecule has 1 N–H and O–H groups in total. The number of thioether (sulfide) groups is 1. The lowest BCUT2D eigenvalue weighted by atomic mass is 9.87. The van der Waals surface area contributed by atoms with Gasteiger partial charge in [0.2, 0.25) is 11.8 Å². The molecule has 2 heterocycles. The number of hydrogen-bond donors (Lipinski definition) is 1. The maximum Gasteiger partial charge on any atom is 0.232 e. The van der Waals surface area contributed by atoms with E-state index in [0.717, 1.165) is 36.0 Å². The van der Waals surface area contributed by atoms with E-state index in [9.17, 15) is 14.9 Å². The molecular weight excluding hydrogens is 414 g/mol. The van der Waals surface area contributed by atoms with Gasteiger partial charge in [0.1, 0.15) is 0 Å². The number of nitriles is 1. The van der Waals surface area contributed by atoms with E-state index in [0.29, 0.717) is 10.6 Å². The highest BCUT2D eigenvalue weighted by molar-refractivity contribution is 9.10. The van der Waals surface area contributed by atoms with Crippen LogP contribution in [0, 0.1) is 11.3 Å². The number of amides is 2. The lowest BCUT2D eigenvalue weighted by Gasteiger charge is -2.28. The zero-order chi connectivity index (χ0) is 18.5. The monoisotopic (exact) mass is 433 g/mol. The molecule has 2 amide bonds. The van der Waals surface area contributed by atoms with E-state index in [2.05, 4.69) is 27.3 Å². The summed E-state index contributed by atoms with van der Waals surface area (Å²) >= 11 is 4.70. The van der Waals surface area contributed by atoms with Crippen molar-refractivity contribution in [1.82, 2.24) is 10.2 Å². The number of hydrogen-bond acceptors (Lipinski definition) is 4. The van der Waals surface area contributed by atoms with Crippen LogP contribution in [0.2, 0.25) is 0 Å². The van der Waals surface area contributed by atoms with Gasteiger partial charge >= 0.3 is 0 Å². The number of benzene rings is 1. The van der Waals surface area contributed by atoms with Gasteiger partial charge in [-0.05, 0) is 37.0 Å². The smallest absolute Gasteiger partial charge is 0.232 e. The molecule has 5 nitrogen and oxygen atoms in total. The van der Waals surface area contributed by atoms with Gasteiger partial charge in [-0.2, -0.15) is 5.26 Å². The lowest BCUT2D eigenvalue weighted by Crippen LogP contribution is -2.37. The van der Waals surface area contributed by atoms with E-state index >= 15 is 0 Å². The van der Waals surface area contributed by atoms with Crippen LogP contribution in [-0.4, -0.2) is 35.6 Å². The van der Waals surface area contributed by atoms with Gasteiger partial charge in [-0.15, -0.1) is 0 Å². The van der Waals surface area contributed by atoms with E-state index in [1.165, 1.54) is 18.2 Å². The maximum absolute atomic E-state index is 12.4. The van der Waals surface area contributed by atoms with Gasteiger partial charge in [-0.25, -0.2) is 0 Å². The minimum absolute atomic E-state index is 0.0679. The van der Waals surface area contributed by atoms with E-state index in [1.54, 1.807) is 0 Å². The molecular formula is C19H20BrN3O2S. The van der Waals surface area contributed by atoms with Crippen molar-refractivity contribution in [1.29, 1.82) is 5.26 Å². The summed E-state index contributed by atoms with van der Waals surface area (Å²) in [6, 6.07) is 9.91. The van der Waals surface area contributed by atoms with E-state index in [-0.39, 0.29) is 29.9 Å². The molecule has 0 bridgehead atoms. The van der Waals surface area contributed by atoms with Crippen LogP contribution in [0.5, 0.6) is 0 Å². The Morgan fingerprint density at radius 1 is 1.35 bits per heavy atom. The number of rotatable bonds is 4. The van der Waals surface area contributed by atoms with Crippen LogP contribution in [0.4, 0.5) is 0 Å². The first-order chi connectivity index (χ1) is 12.6. The molecule has 0 aromatic heterocycles. The number of carbonyl (C=O) groups is 2. The highest BCUT2D eigenvalue weighted by atomic mass is 79.9. The molecule has 0 unspecified atom stereocenters. The van der Waals surface area contributed by atoms with Crippen molar-refractivity contribution in [2.45, 2.75) is 31.6 Å². The number of nitrogens with zero attached hydrogens (tertiary/aromatic N) is 2. The Morgan fingerprint density at radius 2 is 2.12 bits per heavy atom. The van der Waals surface area contributed by atoms with Crippen LogP contribution in [0.25, 0.3) is 0 Å². The molecule has 0 saturated carbocycles. The molecule has 7 heteroatoms. The van der Waals surface area contributed by atoms with E-state index < -0.39 is 0 Å². The second-order valence-corrected chi connectivity index (χ2v) is 8.35. The average molecular weight is 434 g/mol. The molecule has 0 spiro atoms. The van der Waals surface area contributed by atoms with Crippen molar-refractivity contribution in [3.05, 3.63) is 44.9 Å². The summed E-state index contributed by atoms with van der Waals surface area (Å²) in [5.74, 6) is -0.0921. The lowest BCUT2D eigenvalue weighted by molar-refractivity contribution is -0.129. The van der Waals surface area contributed by atoms with Gasteiger partial charge in [-0.3, -0.25) is 9.59 Å². The van der Waals surface area contributed by atoms with Crippen LogP contribution in [-0.2, 0) is 9.59 Å². The van der Waals surface area contributed by atoms with E-state index in [1.807, 2.05) is 29.2 Å². The van der Waals surface area contributed by atoms with Crippen LogP contribution >= 0.6 is 27.7 Å². The van der Waals surface area contributed by atoms with E-state index in [4.69, 9.17) is 0 Å². The summed E-state index contributed by atoms with van der Waals surface area (Å²) in [5, 5.41) is 13.0. The first-order valence-corrected chi connectivity index (χ1v) is 10.5. The normalized spacial score (nSPS) is 20.5. The van der Waals surface area contributed by atoms with Crippen molar-refractivity contribution in [2.24, 2.45) is 0 Å². The molecule has 136 valence electrons. The summed E-state index contributed by atoms with van der Waals surface area (Å²) in [5.41, 5.74) is 1.45. The molecule has 2 aliphatic heterocycles. The molecule has 0 aliphatic carbocycles. The maximum atomic E-state index is 12.4. The van der Waals surface area contributed by atoms with Crippen molar-refractivity contribution in [3.63, 3.8) is 0 Å². The Labute approximate surface area is 165 Å². The fourth-order valence-corrected chi connectivity index (χ4v) is 4.71. The van der Waals surface area contributed by atoms with Gasteiger partial charge in [-0.1, -0.05) is 39.8 Å². The van der Waals surface area contributed by atoms with Crippen molar-refractivity contribution in [2.75, 3.05) is 18.8 Å². The van der Waals surface area contributed by atoms with Crippen molar-refractivity contribution in [3.8, 4) is 6.07 Å². The van der Waals surface area contributed by atoms with Gasteiger partial charge in [0, 0.05) is 29.9 Å². The molecule has 1 atom stereocenters. The minimum atomic E-state index is -0.279. The average Bonchev–Trinajstić information content (AvgIpc) is 2.66. The van der Waals surface area contributed by atoms with Crippen LogP contribution < -0.4 is 5.32 Å². The number of halogens is 1. The summed E-state index contributed by atoms with van der Waals surface area (Å²) < 4.78 is 0.910. The second-order valence-electron chi connectivity index (χ2n) is 6.44. The second kappa shape index (κ2) is 8.74. The van der Waals surface area contributed by atoms with Crippen molar-refractivity contribution < 1.29 is 9.59 Å². The number of carbonyl (C=O) groups excluding carboxylic acids is 2. The van der Waals surface area contributed by atoms with Gasteiger partial charge in [0.15, 0.2) is 0 Å². The van der Waals surface area contributed by atoms with Crippen LogP contribution in [0.15, 0.2) is 39.3 Å². The molecule has 3 rings (SSSR count). The molecule has 1 saturated heterocycles. The van der Waals surface area contributed by atoms with Crippen LogP contribution in [0.3, 0.4) is 0 Å². The molecule has 2 aliphatic rings. The number of allylic oxidation sites excluding steroid dienone is 1. The molecule has 1 aromatic carbocycles. The Balaban J connectivity index is 1.77. The SMILES string of the molecule is N#CC1=C(SCC(=O)N2CCCCC2)NC(=O)C[C@H]1c1cccc(Br)c1. The van der Waals surface area contributed by atoms with Gasteiger partial charge < -0.3 is 10.2 Å². The third kappa shape index (κ3) is 4.49. The quantitative estimate of drug-likeness (QED) is 0.787. The summed E-state index contributed by atoms with van der Waals surface area (Å²) in [6.07, 6.45) is 3.50. The Hall–Kier alpha value is -1.78. The third-order valence-electron chi connectivity index (χ3n) is 4.66. The number of piperidine rings is 1. The predicted octanol–water partition coefficient (Wildman–Crippen LogP) is 3.53. The topological polar surface area (TPSA) is 73.2 Å². The summed E-state index contributed by atoms with van der Waals surface area (Å²) in [4.78, 5) is 26.4. The van der Waals surface area contributed by atoms with Gasteiger partial charge in [0.05, 0.1) is 22.4 Å². The van der Waals surface area contributed by atoms with Crippen molar-refractivity contribution >= 4 is 39.5 Å². The Bertz CT molecular complexity index is 781. The highest BCUT2D eigenvalue weighted by Crippen LogP contribution is 2.36. The molecule has 0 radical (unpaired) electrons. The predicted molar refractivity (Wildman–Crippen MR) is 105 cm³/mol. The zero-order valence-corrected chi connectivity index (χ0v) is 16.7. The summed E-state index contributed by atoms with van der Waals surface area (Å²) in [7, 11) is 0. The molecule has 1 aromatic rings. The van der Waals surface area contributed by atoms with Crippen LogP contribution in [0.1, 0.15) is 37.2 Å². The Morgan fingerprint density at radius 3 is 2.81 bits per heavy atom. The molecule has 1 fully saturated rings. The summed E-state index contributed by atoms with van der Waals surface area (Å²) in [6.45, 7) is 1.60. The first-order valence-electron chi connectivity index (χ1n) is 8.68.